The summed E-state index contributed by atoms with van der Waals surface area (Å²) in [7, 11) is 0. The quantitative estimate of drug-likeness (QED) is 0.780. The molecule has 0 saturated heterocycles. The Kier molecular flexibility index (Phi) is 3.74. The summed E-state index contributed by atoms with van der Waals surface area (Å²) in [5, 5.41) is 6.38. The predicted molar refractivity (Wildman–Crippen MR) is 67.4 cm³/mol. The Balaban J connectivity index is 1.89. The van der Waals surface area contributed by atoms with Gasteiger partial charge in [-0.2, -0.15) is 0 Å². The molecule has 1 atom stereocenters. The highest BCUT2D eigenvalue weighted by Gasteiger charge is 2.26. The van der Waals surface area contributed by atoms with Crippen molar-refractivity contribution in [1.29, 1.82) is 0 Å². The minimum atomic E-state index is -0.733. The Hall–Kier alpha value is -2.44. The van der Waals surface area contributed by atoms with Gasteiger partial charge < -0.3 is 15.9 Å². The number of oxime groups is 1. The molecule has 7 heteroatoms. The molecule has 0 aromatic carbocycles. The van der Waals surface area contributed by atoms with Gasteiger partial charge in [0.1, 0.15) is 5.69 Å². The van der Waals surface area contributed by atoms with Crippen molar-refractivity contribution < 1.29 is 14.4 Å². The van der Waals surface area contributed by atoms with Crippen molar-refractivity contribution in [3.63, 3.8) is 0 Å². The molecule has 3 N–H and O–H groups in total. The number of carbonyl (C=O) groups excluding carboxylic acids is 2. The molecular weight excluding hydrogens is 248 g/mol. The zero-order valence-corrected chi connectivity index (χ0v) is 10.4. The van der Waals surface area contributed by atoms with Crippen molar-refractivity contribution in [2.24, 2.45) is 10.9 Å². The van der Waals surface area contributed by atoms with Crippen LogP contribution in [0, 0.1) is 6.92 Å². The lowest BCUT2D eigenvalue weighted by atomic mass is 10.1. The van der Waals surface area contributed by atoms with Crippen LogP contribution >= 0.6 is 0 Å². The number of amides is 2. The second-order valence-corrected chi connectivity index (χ2v) is 4.21. The average molecular weight is 262 g/mol. The number of nitrogens with zero attached hydrogens (tertiary/aromatic N) is 2. The number of aromatic nitrogens is 1. The first kappa shape index (κ1) is 13.0. The van der Waals surface area contributed by atoms with E-state index in [1.807, 2.05) is 0 Å². The summed E-state index contributed by atoms with van der Waals surface area (Å²) in [5.74, 6) is -0.853. The maximum Gasteiger partial charge on any atom is 0.270 e. The van der Waals surface area contributed by atoms with Gasteiger partial charge in [-0.15, -0.1) is 0 Å². The van der Waals surface area contributed by atoms with Gasteiger partial charge >= 0.3 is 0 Å². The molecule has 2 rings (SSSR count). The van der Waals surface area contributed by atoms with E-state index >= 15 is 0 Å². The summed E-state index contributed by atoms with van der Waals surface area (Å²) in [5.41, 5.74) is 6.83. The van der Waals surface area contributed by atoms with E-state index in [0.717, 1.165) is 5.56 Å². The highest BCUT2D eigenvalue weighted by atomic mass is 16.6. The van der Waals surface area contributed by atoms with Crippen LogP contribution in [0.5, 0.6) is 0 Å². The van der Waals surface area contributed by atoms with E-state index in [1.54, 1.807) is 25.3 Å². The molecule has 100 valence electrons. The topological polar surface area (TPSA) is 107 Å². The Bertz CT molecular complexity index is 542. The Morgan fingerprint density at radius 3 is 3.00 bits per heavy atom. The van der Waals surface area contributed by atoms with E-state index in [2.05, 4.69) is 15.5 Å². The van der Waals surface area contributed by atoms with Crippen LogP contribution in [0.4, 0.5) is 0 Å². The van der Waals surface area contributed by atoms with Crippen LogP contribution in [0.15, 0.2) is 23.5 Å². The van der Waals surface area contributed by atoms with Crippen LogP contribution in [0.3, 0.4) is 0 Å². The van der Waals surface area contributed by atoms with Gasteiger partial charge in [-0.1, -0.05) is 11.2 Å². The molecule has 2 heterocycles. The summed E-state index contributed by atoms with van der Waals surface area (Å²) in [6.45, 7) is 2.01. The number of nitrogens with two attached hydrogens (primary N) is 1. The van der Waals surface area contributed by atoms with E-state index in [4.69, 9.17) is 10.6 Å². The van der Waals surface area contributed by atoms with E-state index < -0.39 is 12.0 Å². The summed E-state index contributed by atoms with van der Waals surface area (Å²) >= 11 is 0. The van der Waals surface area contributed by atoms with Gasteiger partial charge in [-0.05, 0) is 18.6 Å². The zero-order chi connectivity index (χ0) is 13.8. The van der Waals surface area contributed by atoms with Gasteiger partial charge in [0.25, 0.3) is 11.8 Å². The molecule has 1 unspecified atom stereocenters. The number of nitrogens with one attached hydrogen (secondary N) is 1. The minimum Gasteiger partial charge on any atom is -0.382 e. The molecule has 0 aliphatic carbocycles. The highest BCUT2D eigenvalue weighted by molar-refractivity contribution is 5.99. The van der Waals surface area contributed by atoms with Crippen LogP contribution in [-0.2, 0) is 9.63 Å². The van der Waals surface area contributed by atoms with Crippen molar-refractivity contribution in [3.05, 3.63) is 29.6 Å². The number of primary amides is 1. The molecule has 7 nitrogen and oxygen atoms in total. The molecule has 0 fully saturated rings. The lowest BCUT2D eigenvalue weighted by Crippen LogP contribution is -2.33. The fourth-order valence-electron chi connectivity index (χ4n) is 1.67. The highest BCUT2D eigenvalue weighted by Crippen LogP contribution is 2.09. The number of hydrogen-bond donors (Lipinski definition) is 2. The summed E-state index contributed by atoms with van der Waals surface area (Å²) in [4.78, 5) is 31.6. The lowest BCUT2D eigenvalue weighted by molar-refractivity contribution is -0.127. The molecular formula is C12H14N4O3. The van der Waals surface area contributed by atoms with Crippen molar-refractivity contribution in [2.45, 2.75) is 19.4 Å². The van der Waals surface area contributed by atoms with Crippen molar-refractivity contribution in [2.75, 3.05) is 6.54 Å². The molecule has 1 aromatic rings. The van der Waals surface area contributed by atoms with E-state index in [9.17, 15) is 9.59 Å². The second-order valence-electron chi connectivity index (χ2n) is 4.21. The predicted octanol–water partition coefficient (Wildman–Crippen LogP) is -0.250. The number of rotatable bonds is 4. The molecule has 0 spiro atoms. The normalized spacial score (nSPS) is 17.5. The third kappa shape index (κ3) is 3.06. The minimum absolute atomic E-state index is 0.207. The lowest BCUT2D eigenvalue weighted by Gasteiger charge is -2.05. The summed E-state index contributed by atoms with van der Waals surface area (Å²) in [6, 6.07) is 3.57. The standard InChI is InChI=1S/C12H14N4O3/c1-7-3-2-4-14-10(7)12(18)15-6-8-5-9(11(13)17)19-16-8/h2-4,9H,5-6H2,1H3,(H2,13,17)(H,15,18). The molecule has 1 aliphatic heterocycles. The molecule has 0 radical (unpaired) electrons. The Morgan fingerprint density at radius 1 is 1.58 bits per heavy atom. The largest absolute Gasteiger partial charge is 0.382 e. The monoisotopic (exact) mass is 262 g/mol. The van der Waals surface area contributed by atoms with Gasteiger partial charge in [-0.3, -0.25) is 14.6 Å². The fraction of sp³-hybridized carbons (Fsp3) is 0.333. The molecule has 2 amide bonds. The van der Waals surface area contributed by atoms with Crippen LogP contribution in [0.2, 0.25) is 0 Å². The first-order valence-electron chi connectivity index (χ1n) is 5.78. The molecule has 0 saturated carbocycles. The van der Waals surface area contributed by atoms with E-state index in [0.29, 0.717) is 17.8 Å². The maximum atomic E-state index is 11.9. The SMILES string of the molecule is Cc1cccnc1C(=O)NCC1=NOC(C(N)=O)C1. The first-order chi connectivity index (χ1) is 9.08. The van der Waals surface area contributed by atoms with Crippen LogP contribution in [0.25, 0.3) is 0 Å². The Morgan fingerprint density at radius 2 is 2.37 bits per heavy atom. The van der Waals surface area contributed by atoms with Crippen LogP contribution in [-0.4, -0.2) is 35.2 Å². The number of carbonyl (C=O) groups is 2. The van der Waals surface area contributed by atoms with Gasteiger partial charge in [0.15, 0.2) is 0 Å². The number of aryl methyl sites for hydroxylation is 1. The second kappa shape index (κ2) is 5.47. The Labute approximate surface area is 109 Å². The zero-order valence-electron chi connectivity index (χ0n) is 10.4. The van der Waals surface area contributed by atoms with Gasteiger partial charge in [0.05, 0.1) is 12.3 Å². The van der Waals surface area contributed by atoms with Crippen molar-refractivity contribution in [3.8, 4) is 0 Å². The van der Waals surface area contributed by atoms with Crippen LogP contribution in [0.1, 0.15) is 22.5 Å². The third-order valence-corrected chi connectivity index (χ3v) is 2.72. The van der Waals surface area contributed by atoms with E-state index in [1.165, 1.54) is 0 Å². The molecule has 0 bridgehead atoms. The molecule has 19 heavy (non-hydrogen) atoms. The molecule has 1 aliphatic rings. The van der Waals surface area contributed by atoms with Crippen LogP contribution < -0.4 is 11.1 Å². The summed E-state index contributed by atoms with van der Waals surface area (Å²) < 4.78 is 0. The van der Waals surface area contributed by atoms with E-state index in [-0.39, 0.29) is 12.5 Å². The molecule has 1 aromatic heterocycles. The van der Waals surface area contributed by atoms with Gasteiger partial charge in [0.2, 0.25) is 6.10 Å². The third-order valence-electron chi connectivity index (χ3n) is 2.72. The number of hydrogen-bond acceptors (Lipinski definition) is 5. The van der Waals surface area contributed by atoms with Crippen molar-refractivity contribution >= 4 is 17.5 Å². The fourth-order valence-corrected chi connectivity index (χ4v) is 1.67. The first-order valence-corrected chi connectivity index (χ1v) is 5.78. The maximum absolute atomic E-state index is 11.9. The number of pyridine rings is 1. The summed E-state index contributed by atoms with van der Waals surface area (Å²) in [6.07, 6.45) is 1.13. The van der Waals surface area contributed by atoms with Gasteiger partial charge in [-0.25, -0.2) is 0 Å². The van der Waals surface area contributed by atoms with Gasteiger partial charge in [0, 0.05) is 12.6 Å². The van der Waals surface area contributed by atoms with Crippen molar-refractivity contribution in [1.82, 2.24) is 10.3 Å². The average Bonchev–Trinajstić information content (AvgIpc) is 2.85. The smallest absolute Gasteiger partial charge is 0.270 e.